The number of hydrogen-bond donors (Lipinski definition) is 0. The smallest absolute Gasteiger partial charge is 0.148 e. The van der Waals surface area contributed by atoms with Crippen LogP contribution in [0.1, 0.15) is 127 Å². The first-order chi connectivity index (χ1) is 61.6. The second-order valence-electron chi connectivity index (χ2n) is 31.6. The zero-order chi connectivity index (χ0) is 87.0. The van der Waals surface area contributed by atoms with Crippen LogP contribution in [0.25, 0.3) is 0 Å². The molecule has 0 N–H and O–H groups in total. The van der Waals surface area contributed by atoms with E-state index in [1.807, 2.05) is 91.0 Å². The van der Waals surface area contributed by atoms with Crippen LogP contribution in [0.15, 0.2) is 448 Å². The largest absolute Gasteiger partial charge is 0.337 e. The van der Waals surface area contributed by atoms with Gasteiger partial charge >= 0.3 is 0 Å². The molecule has 5 heterocycles. The van der Waals surface area contributed by atoms with Crippen molar-refractivity contribution >= 4 is 130 Å². The number of hydrogen-bond acceptors (Lipinski definition) is 10. The minimum absolute atomic E-state index is 0.00599. The van der Waals surface area contributed by atoms with Gasteiger partial charge in [-0.25, -0.2) is 0 Å². The highest BCUT2D eigenvalue weighted by molar-refractivity contribution is 14.1. The number of nitrogens with zero attached hydrogens (tertiary/aromatic N) is 10. The normalized spacial score (nSPS) is 19.7. The van der Waals surface area contributed by atoms with Crippen molar-refractivity contribution in [3.63, 3.8) is 0 Å². The molecule has 0 aromatic heterocycles. The molecule has 15 aromatic carbocycles. The summed E-state index contributed by atoms with van der Waals surface area (Å²) in [7, 11) is 0. The summed E-state index contributed by atoms with van der Waals surface area (Å²) in [6.45, 7) is 13.2. The molecule has 5 aliphatic rings. The highest BCUT2D eigenvalue weighted by atomic mass is 127. The van der Waals surface area contributed by atoms with Gasteiger partial charge in [0.1, 0.15) is 30.8 Å². The first-order valence-corrected chi connectivity index (χ1v) is 45.7. The Labute approximate surface area is 778 Å². The summed E-state index contributed by atoms with van der Waals surface area (Å²) in [5.74, 6) is 0. The fourth-order valence-electron chi connectivity index (χ4n) is 17.2. The lowest BCUT2D eigenvalue weighted by Crippen LogP contribution is -2.35. The molecule has 0 saturated heterocycles. The Kier molecular flexibility index (Phi) is 28.5. The third-order valence-electron chi connectivity index (χ3n) is 23.4. The molecule has 10 unspecified atom stereocenters. The minimum atomic E-state index is -0.0876. The lowest BCUT2D eigenvalue weighted by atomic mass is 10.0. The molecule has 0 saturated carbocycles. The maximum Gasteiger partial charge on any atom is 0.148 e. The van der Waals surface area contributed by atoms with Crippen LogP contribution in [-0.2, 0) is 0 Å². The van der Waals surface area contributed by atoms with E-state index in [2.05, 4.69) is 432 Å². The highest BCUT2D eigenvalue weighted by Gasteiger charge is 2.41. The summed E-state index contributed by atoms with van der Waals surface area (Å²) in [4.78, 5) is 37.5. The quantitative estimate of drug-likeness (QED) is 0.0956. The molecule has 0 spiro atoms. The van der Waals surface area contributed by atoms with Gasteiger partial charge in [-0.3, -0.25) is 25.0 Å². The number of aryl methyl sites for hydroxylation is 1. The Morgan fingerprint density at radius 3 is 0.683 bits per heavy atom. The Hall–Kier alpha value is -12.3. The standard InChI is InChI=1S/C23H22N2.C22H19BrN2.C22H18Cl2N2.C22H19ClN2.C22H19IN2/c1-17-13-15-21(16-14-17)25-18(2)22(19-9-5-3-6-10-19)24-23(25)20-11-7-4-8-12-20;1-16-21(17-8-4-2-5-9-17)24-22(18-10-6-3-7-11-18)25(16)20-14-12-19(23)13-15-20;1-15-21(16-7-11-18(23)12-8-16)25-22(17-9-13-19(24)14-10-17)26(15)20-5-3-2-4-6-20;2*1-16-21(17-8-4-2-5-9-17)24-22(18-10-6-3-7-11-18)25(16)20-14-12-19(23)13-15-20/h3-16,18,23H,1-2H3;2-16,22H,1H3;2-15,22H,1H3;2*2-16,22H,1H3. The van der Waals surface area contributed by atoms with E-state index in [-0.39, 0.29) is 61.0 Å². The van der Waals surface area contributed by atoms with Crippen molar-refractivity contribution in [2.45, 2.75) is 103 Å². The summed E-state index contributed by atoms with van der Waals surface area (Å²) in [6.07, 6.45) is -0.115. The van der Waals surface area contributed by atoms with Crippen LogP contribution in [0.5, 0.6) is 0 Å². The van der Waals surface area contributed by atoms with Crippen molar-refractivity contribution in [1.82, 2.24) is 0 Å². The molecule has 15 aromatic rings. The molecule has 5 aliphatic heterocycles. The number of rotatable bonds is 15. The Bertz CT molecular complexity index is 5590. The number of aliphatic imine (C=N–C) groups is 5. The van der Waals surface area contributed by atoms with Crippen molar-refractivity contribution in [3.05, 3.63) is 503 Å². The van der Waals surface area contributed by atoms with Crippen LogP contribution in [-0.4, -0.2) is 58.8 Å². The zero-order valence-corrected chi connectivity index (χ0v) is 77.0. The van der Waals surface area contributed by atoms with Gasteiger partial charge < -0.3 is 24.5 Å². The summed E-state index contributed by atoms with van der Waals surface area (Å²) in [6, 6.07) is 145. The Morgan fingerprint density at radius 2 is 0.413 bits per heavy atom. The van der Waals surface area contributed by atoms with Gasteiger partial charge in [-0.15, -0.1) is 0 Å². The SMILES string of the molecule is CC1C(c2ccc(Cl)cc2)=NC(c2ccc(Cl)cc2)N1c1ccccc1.CC1C(c2ccccc2)=NC(c2ccccc2)N1c1ccc(Br)cc1.CC1C(c2ccccc2)=NC(c2ccccc2)N1c1ccc(Cl)cc1.CC1C(c2ccccc2)=NC(c2ccccc2)N1c1ccc(I)cc1.Cc1ccc(N2C(C)C(c3ccccc3)=NC2c2ccccc2)cc1. The second kappa shape index (κ2) is 41.2. The van der Waals surface area contributed by atoms with E-state index in [4.69, 9.17) is 59.8 Å². The molecule has 0 amide bonds. The van der Waals surface area contributed by atoms with E-state index in [1.54, 1.807) is 0 Å². The van der Waals surface area contributed by atoms with Crippen LogP contribution in [0.4, 0.5) is 28.4 Å². The number of anilines is 5. The third kappa shape index (κ3) is 20.3. The van der Waals surface area contributed by atoms with E-state index in [1.165, 1.54) is 70.7 Å². The summed E-state index contributed by atoms with van der Waals surface area (Å²) < 4.78 is 2.33. The lowest BCUT2D eigenvalue weighted by Gasteiger charge is -2.30. The van der Waals surface area contributed by atoms with E-state index < -0.39 is 0 Å². The minimum Gasteiger partial charge on any atom is -0.337 e. The predicted octanol–water partition coefficient (Wildman–Crippen LogP) is 29.1. The van der Waals surface area contributed by atoms with Crippen LogP contribution in [0.3, 0.4) is 0 Å². The Balaban J connectivity index is 0.000000116. The van der Waals surface area contributed by atoms with Crippen molar-refractivity contribution < 1.29 is 0 Å². The van der Waals surface area contributed by atoms with Crippen LogP contribution >= 0.6 is 73.3 Å². The van der Waals surface area contributed by atoms with Gasteiger partial charge in [0.25, 0.3) is 0 Å². The van der Waals surface area contributed by atoms with Gasteiger partial charge in [0.15, 0.2) is 0 Å². The van der Waals surface area contributed by atoms with E-state index in [9.17, 15) is 0 Å². The van der Waals surface area contributed by atoms with Gasteiger partial charge in [0.05, 0.1) is 58.8 Å². The first-order valence-electron chi connectivity index (χ1n) is 42.7. The fraction of sp³-hybridized carbons (Fsp3) is 0.144. The van der Waals surface area contributed by atoms with E-state index >= 15 is 0 Å². The number of benzene rings is 15. The fourth-order valence-corrected chi connectivity index (χ4v) is 18.2. The van der Waals surface area contributed by atoms with Crippen molar-refractivity contribution in [1.29, 1.82) is 0 Å². The van der Waals surface area contributed by atoms with Crippen LogP contribution in [0.2, 0.25) is 15.1 Å². The Morgan fingerprint density at radius 1 is 0.222 bits per heavy atom. The number of para-hydroxylation sites is 1. The summed E-state index contributed by atoms with van der Waals surface area (Å²) in [5.41, 5.74) is 24.6. The molecular weight excluding hydrogens is 1790 g/mol. The second-order valence-corrected chi connectivity index (χ2v) is 35.1. The molecule has 126 heavy (non-hydrogen) atoms. The van der Waals surface area contributed by atoms with Gasteiger partial charge in [-0.2, -0.15) is 0 Å². The molecule has 15 heteroatoms. The van der Waals surface area contributed by atoms with Crippen LogP contribution < -0.4 is 24.5 Å². The maximum absolute atomic E-state index is 6.09. The summed E-state index contributed by atoms with van der Waals surface area (Å²) in [5, 5.41) is 2.21. The van der Waals surface area contributed by atoms with Gasteiger partial charge in [-0.1, -0.05) is 354 Å². The highest BCUT2D eigenvalue weighted by Crippen LogP contribution is 2.44. The predicted molar refractivity (Wildman–Crippen MR) is 543 cm³/mol. The molecule has 0 bridgehead atoms. The third-order valence-corrected chi connectivity index (χ3v) is 25.4. The molecule has 626 valence electrons. The van der Waals surface area contributed by atoms with Crippen molar-refractivity contribution in [2.75, 3.05) is 24.5 Å². The average molecular weight is 1880 g/mol. The molecule has 0 radical (unpaired) electrons. The topological polar surface area (TPSA) is 78.0 Å². The average Bonchev–Trinajstić information content (AvgIpc) is 1.65. The van der Waals surface area contributed by atoms with E-state index in [0.29, 0.717) is 0 Å². The molecule has 20 rings (SSSR count). The van der Waals surface area contributed by atoms with Gasteiger partial charge in [0, 0.05) is 51.5 Å². The molecule has 0 aliphatic carbocycles. The molecule has 10 nitrogen and oxygen atoms in total. The van der Waals surface area contributed by atoms with E-state index in [0.717, 1.165) is 70.6 Å². The van der Waals surface area contributed by atoms with Crippen molar-refractivity contribution in [3.8, 4) is 0 Å². The van der Waals surface area contributed by atoms with Crippen molar-refractivity contribution in [2.24, 2.45) is 25.0 Å². The molecular formula is C111H97BrCl3IN10. The summed E-state index contributed by atoms with van der Waals surface area (Å²) >= 11 is 24.1. The molecule has 0 fully saturated rings. The monoisotopic (exact) mass is 1880 g/mol. The maximum atomic E-state index is 6.09. The first kappa shape index (κ1) is 87.2. The molecule has 10 atom stereocenters. The van der Waals surface area contributed by atoms with Gasteiger partial charge in [-0.05, 0) is 241 Å². The van der Waals surface area contributed by atoms with Gasteiger partial charge in [0.2, 0.25) is 0 Å². The zero-order valence-electron chi connectivity index (χ0n) is 71.0. The number of halogens is 5. The van der Waals surface area contributed by atoms with Crippen LogP contribution in [0, 0.1) is 10.5 Å². The lowest BCUT2D eigenvalue weighted by molar-refractivity contribution is 0.675.